The molecule has 18 heteroatoms. The molecule has 4 N–H and O–H groups in total. The Balaban J connectivity index is 1.35. The van der Waals surface area contributed by atoms with Crippen LogP contribution in [0, 0.1) is 17.8 Å². The van der Waals surface area contributed by atoms with E-state index in [0.29, 0.717) is 49.8 Å². The maximum Gasteiger partial charge on any atom is 0.411 e. The highest BCUT2D eigenvalue weighted by molar-refractivity contribution is 7.91. The first-order valence-electron chi connectivity index (χ1n) is 20.3. The van der Waals surface area contributed by atoms with E-state index in [-0.39, 0.29) is 31.2 Å². The zero-order valence-corrected chi connectivity index (χ0v) is 35.1. The summed E-state index contributed by atoms with van der Waals surface area (Å²) in [6.45, 7) is 9.08. The summed E-state index contributed by atoms with van der Waals surface area (Å²) >= 11 is 0. The van der Waals surface area contributed by atoms with Gasteiger partial charge in [-0.2, -0.15) is 13.2 Å². The molecular formula is C41H55F3N6O8S. The topological polar surface area (TPSA) is 185 Å². The van der Waals surface area contributed by atoms with E-state index in [9.17, 15) is 40.8 Å². The van der Waals surface area contributed by atoms with E-state index in [4.69, 9.17) is 9.47 Å². The maximum absolute atomic E-state index is 14.8. The van der Waals surface area contributed by atoms with E-state index in [2.05, 4.69) is 20.3 Å². The SMILES string of the molecule is CCCOc1cnc(O[C@@H]2C[C@H]3C(=O)N[C@]4(C(=O)NS(=O)(=O)C5(C)CC5)C[C@H]4C=CCC[C@@H](C)C[C@@H](C)[C@H](NC(=O)NC(C)(C)C(F)(F)F)C(=O)N3C2)c2ccccc12. The van der Waals surface area contributed by atoms with E-state index < -0.39 is 85.8 Å². The first-order chi connectivity index (χ1) is 27.6. The summed E-state index contributed by atoms with van der Waals surface area (Å²) in [6, 6.07) is 3.39. The van der Waals surface area contributed by atoms with E-state index in [1.165, 1.54) is 11.1 Å². The Morgan fingerprint density at radius 1 is 1.08 bits per heavy atom. The number of carbonyl (C=O) groups is 4. The van der Waals surface area contributed by atoms with Gasteiger partial charge in [0.15, 0.2) is 0 Å². The summed E-state index contributed by atoms with van der Waals surface area (Å²) in [5.41, 5.74) is -4.27. The Morgan fingerprint density at radius 3 is 2.44 bits per heavy atom. The van der Waals surface area contributed by atoms with E-state index >= 15 is 0 Å². The first kappa shape index (κ1) is 44.0. The number of pyridine rings is 1. The Morgan fingerprint density at radius 2 is 1.78 bits per heavy atom. The van der Waals surface area contributed by atoms with E-state index in [0.717, 1.165) is 25.7 Å². The quantitative estimate of drug-likeness (QED) is 0.232. The average molecular weight is 849 g/mol. The number of halogens is 3. The third-order valence-electron chi connectivity index (χ3n) is 12.1. The lowest BCUT2D eigenvalue weighted by Gasteiger charge is -2.34. The van der Waals surface area contributed by atoms with Crippen molar-refractivity contribution >= 4 is 44.5 Å². The van der Waals surface area contributed by atoms with Crippen LogP contribution in [0.25, 0.3) is 10.8 Å². The van der Waals surface area contributed by atoms with E-state index in [1.54, 1.807) is 32.1 Å². The van der Waals surface area contributed by atoms with Crippen LogP contribution in [0.15, 0.2) is 42.6 Å². The fraction of sp³-hybridized carbons (Fsp3) is 0.634. The third-order valence-corrected chi connectivity index (χ3v) is 14.3. The predicted molar refractivity (Wildman–Crippen MR) is 213 cm³/mol. The van der Waals surface area contributed by atoms with Crippen molar-refractivity contribution in [2.45, 2.75) is 133 Å². The Kier molecular flexibility index (Phi) is 12.3. The zero-order valence-electron chi connectivity index (χ0n) is 34.3. The molecule has 324 valence electrons. The third kappa shape index (κ3) is 9.26. The van der Waals surface area contributed by atoms with Crippen molar-refractivity contribution < 1.29 is 50.2 Å². The predicted octanol–water partition coefficient (Wildman–Crippen LogP) is 5.27. The summed E-state index contributed by atoms with van der Waals surface area (Å²) in [6.07, 6.45) is 2.69. The number of sulfonamides is 1. The molecule has 2 aromatic rings. The maximum atomic E-state index is 14.8. The number of urea groups is 1. The molecule has 1 saturated heterocycles. The number of carbonyl (C=O) groups excluding carboxylic acids is 4. The van der Waals surface area contributed by atoms with Gasteiger partial charge in [-0.25, -0.2) is 18.2 Å². The lowest BCUT2D eigenvalue weighted by atomic mass is 9.88. The number of nitrogens with zero attached hydrogens (tertiary/aromatic N) is 2. The fourth-order valence-electron chi connectivity index (χ4n) is 7.85. The van der Waals surface area contributed by atoms with Gasteiger partial charge in [-0.3, -0.25) is 19.1 Å². The molecule has 2 aliphatic carbocycles. The van der Waals surface area contributed by atoms with Crippen molar-refractivity contribution in [3.63, 3.8) is 0 Å². The number of allylic oxidation sites excluding steroid dienone is 1. The first-order valence-corrected chi connectivity index (χ1v) is 21.8. The molecule has 1 aromatic carbocycles. The Bertz CT molecular complexity index is 2090. The number of ether oxygens (including phenoxy) is 2. The van der Waals surface area contributed by atoms with Crippen LogP contribution >= 0.6 is 0 Å². The highest BCUT2D eigenvalue weighted by Gasteiger charge is 2.63. The molecule has 4 aliphatic rings. The van der Waals surface area contributed by atoms with Gasteiger partial charge in [-0.1, -0.05) is 51.1 Å². The Labute approximate surface area is 342 Å². The fourth-order valence-corrected chi connectivity index (χ4v) is 9.16. The van der Waals surface area contributed by atoms with Crippen molar-refractivity contribution in [2.75, 3.05) is 13.2 Å². The van der Waals surface area contributed by atoms with Crippen LogP contribution in [0.4, 0.5) is 18.0 Å². The lowest BCUT2D eigenvalue weighted by molar-refractivity contribution is -0.182. The number of alkyl halides is 3. The minimum Gasteiger partial charge on any atom is -0.491 e. The van der Waals surface area contributed by atoms with Crippen LogP contribution in [0.5, 0.6) is 11.6 Å². The molecule has 0 radical (unpaired) electrons. The number of hydrogen-bond donors (Lipinski definition) is 4. The number of benzene rings is 1. The molecule has 3 heterocycles. The van der Waals surface area contributed by atoms with Crippen molar-refractivity contribution in [3.05, 3.63) is 42.6 Å². The molecule has 0 unspecified atom stereocenters. The zero-order chi connectivity index (χ0) is 43.1. The van der Waals surface area contributed by atoms with Gasteiger partial charge in [0.25, 0.3) is 5.91 Å². The molecule has 5 amide bonds. The van der Waals surface area contributed by atoms with Crippen LogP contribution in [-0.4, -0.2) is 95.4 Å². The summed E-state index contributed by atoms with van der Waals surface area (Å²) < 4.78 is 81.3. The molecule has 3 fully saturated rings. The second-order valence-electron chi connectivity index (χ2n) is 17.5. The minimum atomic E-state index is -4.80. The molecule has 2 saturated carbocycles. The second-order valence-corrected chi connectivity index (χ2v) is 19.7. The van der Waals surface area contributed by atoms with Crippen molar-refractivity contribution in [3.8, 4) is 11.6 Å². The Hall–Kier alpha value is -4.61. The number of rotatable bonds is 10. The standard InChI is InChI=1S/C41H55F3N6O8S/c1-7-18-57-31-22-45-34(29-15-11-10-14-28(29)31)58-27-20-30-33(51)47-40(36(53)49-59(55,56)39(6)16-17-39)21-26(40)13-9-8-12-24(2)19-25(3)32(35(52)50(30)23-27)46-37(54)48-38(4,5)41(42,43)44/h9-11,13-15,22,24-27,30,32H,7-8,12,16-21,23H2,1-6H3,(H,47,51)(H,49,53)(H2,46,48,54)/t24-,25-,26-,27-,30+,32+,40-/m1/s1. The van der Waals surface area contributed by atoms with Crippen LogP contribution in [0.1, 0.15) is 92.9 Å². The van der Waals surface area contributed by atoms with Gasteiger partial charge in [0.05, 0.1) is 24.1 Å². The molecule has 0 bridgehead atoms. The van der Waals surface area contributed by atoms with Gasteiger partial charge in [-0.05, 0) is 83.6 Å². The summed E-state index contributed by atoms with van der Waals surface area (Å²) in [5.74, 6) is -2.78. The molecule has 6 rings (SSSR count). The summed E-state index contributed by atoms with van der Waals surface area (Å²) in [5, 5.41) is 8.60. The highest BCUT2D eigenvalue weighted by Crippen LogP contribution is 2.48. The molecule has 7 atom stereocenters. The molecule has 2 aliphatic heterocycles. The van der Waals surface area contributed by atoms with Crippen LogP contribution in [0.3, 0.4) is 0 Å². The number of hydrogen-bond acceptors (Lipinski definition) is 9. The average Bonchev–Trinajstić information content (AvgIpc) is 4.04. The van der Waals surface area contributed by atoms with Crippen LogP contribution in [-0.2, 0) is 24.4 Å². The van der Waals surface area contributed by atoms with Gasteiger partial charge in [0.2, 0.25) is 27.7 Å². The number of amides is 5. The number of nitrogens with one attached hydrogen (secondary N) is 4. The smallest absolute Gasteiger partial charge is 0.411 e. The van der Waals surface area contributed by atoms with Crippen molar-refractivity contribution in [1.82, 2.24) is 30.6 Å². The second kappa shape index (κ2) is 16.4. The highest BCUT2D eigenvalue weighted by atomic mass is 32.2. The van der Waals surface area contributed by atoms with Crippen molar-refractivity contribution in [1.29, 1.82) is 0 Å². The largest absolute Gasteiger partial charge is 0.491 e. The van der Waals surface area contributed by atoms with Gasteiger partial charge < -0.3 is 30.3 Å². The molecule has 0 spiro atoms. The van der Waals surface area contributed by atoms with Crippen LogP contribution in [0.2, 0.25) is 0 Å². The number of fused-ring (bicyclic) bond motifs is 3. The van der Waals surface area contributed by atoms with E-state index in [1.807, 2.05) is 37.4 Å². The minimum absolute atomic E-state index is 0.0166. The molecule has 14 nitrogen and oxygen atoms in total. The summed E-state index contributed by atoms with van der Waals surface area (Å²) in [4.78, 5) is 62.3. The molecule has 59 heavy (non-hydrogen) atoms. The molecular weight excluding hydrogens is 794 g/mol. The normalized spacial score (nSPS) is 28.6. The number of aromatic nitrogens is 1. The van der Waals surface area contributed by atoms with Gasteiger partial charge >= 0.3 is 12.2 Å². The van der Waals surface area contributed by atoms with Crippen LogP contribution < -0.4 is 30.1 Å². The lowest BCUT2D eigenvalue weighted by Crippen LogP contribution is -2.62. The summed E-state index contributed by atoms with van der Waals surface area (Å²) in [7, 11) is -4.07. The van der Waals surface area contributed by atoms with Crippen molar-refractivity contribution in [2.24, 2.45) is 17.8 Å². The molecule has 1 aromatic heterocycles. The van der Waals surface area contributed by atoms with Gasteiger partial charge in [-0.15, -0.1) is 0 Å². The van der Waals surface area contributed by atoms with Gasteiger partial charge in [0, 0.05) is 23.1 Å². The van der Waals surface area contributed by atoms with Gasteiger partial charge in [0.1, 0.15) is 35.0 Å². The monoisotopic (exact) mass is 848 g/mol.